The number of Topliss-reactive ketones (excluding diaryl/α,β-unsaturated/α-hetero) is 1. The van der Waals surface area contributed by atoms with E-state index in [0.29, 0.717) is 41.3 Å². The quantitative estimate of drug-likeness (QED) is 0.395. The van der Waals surface area contributed by atoms with E-state index in [-0.39, 0.29) is 11.5 Å². The second-order valence-corrected chi connectivity index (χ2v) is 12.9. The van der Waals surface area contributed by atoms with Crippen molar-refractivity contribution in [2.45, 2.75) is 124 Å². The Balaban J connectivity index is 1.38. The highest BCUT2D eigenvalue weighted by atomic mass is 16.3. The number of aliphatic hydroxyl groups is 1. The predicted octanol–water partition coefficient (Wildman–Crippen LogP) is 6.39. The molecule has 34 heavy (non-hydrogen) atoms. The molecule has 0 aromatic carbocycles. The van der Waals surface area contributed by atoms with Crippen molar-refractivity contribution in [2.24, 2.45) is 40.4 Å². The fourth-order valence-electron chi connectivity index (χ4n) is 9.26. The number of aliphatic hydroxyl groups excluding tert-OH is 1. The fraction of sp³-hybridized carbons (Fsp3) is 0.933. The van der Waals surface area contributed by atoms with Crippen LogP contribution in [0.3, 0.4) is 0 Å². The van der Waals surface area contributed by atoms with E-state index in [2.05, 4.69) is 27.7 Å². The Bertz CT molecular complexity index is 733. The van der Waals surface area contributed by atoms with Gasteiger partial charge in [0.15, 0.2) is 0 Å². The lowest BCUT2D eigenvalue weighted by molar-refractivity contribution is -0.156. The maximum absolute atomic E-state index is 12.4. The van der Waals surface area contributed by atoms with E-state index in [1.807, 2.05) is 4.90 Å². The minimum Gasteiger partial charge on any atom is -0.393 e. The summed E-state index contributed by atoms with van der Waals surface area (Å²) in [5, 5.41) is 10.9. The topological polar surface area (TPSA) is 57.6 Å². The van der Waals surface area contributed by atoms with E-state index in [1.165, 1.54) is 44.9 Å². The highest BCUT2D eigenvalue weighted by Gasteiger charge is 2.62. The summed E-state index contributed by atoms with van der Waals surface area (Å²) in [6.07, 6.45) is 15.0. The molecule has 0 aromatic heterocycles. The molecule has 0 aromatic rings. The Hall–Kier alpha value is -0.900. The average molecular weight is 474 g/mol. The normalized spacial score (nSPS) is 41.5. The summed E-state index contributed by atoms with van der Waals surface area (Å²) in [6.45, 7) is 10.7. The Kier molecular flexibility index (Phi) is 8.17. The van der Waals surface area contributed by atoms with Gasteiger partial charge in [0.1, 0.15) is 5.78 Å². The standard InChI is InChI=1S/C30H51NO3/c1-5-31(6-2)27(34)12-10-8-7-9-11-21-19-22-20-23(32)15-17-29(22,3)25-16-18-30(4)24(28(21)25)13-14-26(30)33/h21-22,24-26,28,33H,5-20H2,1-4H3/t21-,22+,24+,25+,26+,28+,29+,30+/m1/s1. The van der Waals surface area contributed by atoms with Crippen molar-refractivity contribution in [1.82, 2.24) is 4.90 Å². The minimum atomic E-state index is -0.124. The predicted molar refractivity (Wildman–Crippen MR) is 137 cm³/mol. The van der Waals surface area contributed by atoms with Gasteiger partial charge < -0.3 is 10.0 Å². The van der Waals surface area contributed by atoms with E-state index < -0.39 is 0 Å². The summed E-state index contributed by atoms with van der Waals surface area (Å²) < 4.78 is 0. The van der Waals surface area contributed by atoms with Crippen molar-refractivity contribution >= 4 is 11.7 Å². The van der Waals surface area contributed by atoms with E-state index in [1.54, 1.807) is 0 Å². The maximum atomic E-state index is 12.4. The van der Waals surface area contributed by atoms with Crippen LogP contribution in [0.15, 0.2) is 0 Å². The first kappa shape index (κ1) is 26.2. The number of carbonyl (C=O) groups excluding carboxylic acids is 2. The summed E-state index contributed by atoms with van der Waals surface area (Å²) in [5.74, 6) is 4.21. The number of fused-ring (bicyclic) bond motifs is 5. The van der Waals surface area contributed by atoms with Gasteiger partial charge in [-0.2, -0.15) is 0 Å². The van der Waals surface area contributed by atoms with Gasteiger partial charge in [0, 0.05) is 32.4 Å². The largest absolute Gasteiger partial charge is 0.393 e. The third-order valence-electron chi connectivity index (χ3n) is 11.4. The molecule has 4 fully saturated rings. The Morgan fingerprint density at radius 2 is 1.68 bits per heavy atom. The molecule has 0 spiro atoms. The summed E-state index contributed by atoms with van der Waals surface area (Å²) in [7, 11) is 0. The number of carbonyl (C=O) groups is 2. The molecule has 0 aliphatic heterocycles. The molecule has 4 heteroatoms. The molecule has 4 nitrogen and oxygen atoms in total. The SMILES string of the molecule is CCN(CC)C(=O)CCCCCC[C@@H]1C[C@H]2CC(=O)CC[C@]2(C)[C@H]2CC[C@]3(C)[C@@H](O)CC[C@H]3[C@H]12. The Labute approximate surface area is 208 Å². The van der Waals surface area contributed by atoms with Crippen LogP contribution in [0.25, 0.3) is 0 Å². The van der Waals surface area contributed by atoms with Gasteiger partial charge >= 0.3 is 0 Å². The van der Waals surface area contributed by atoms with E-state index in [9.17, 15) is 14.7 Å². The molecule has 1 amide bonds. The first-order valence-corrected chi connectivity index (χ1v) is 14.7. The van der Waals surface area contributed by atoms with Gasteiger partial charge in [-0.05, 0) is 99.2 Å². The number of rotatable bonds is 9. The lowest BCUT2D eigenvalue weighted by atomic mass is 9.42. The lowest BCUT2D eigenvalue weighted by Crippen LogP contribution is -2.57. The molecule has 4 rings (SSSR count). The average Bonchev–Trinajstić information content (AvgIpc) is 3.12. The number of hydrogen-bond donors (Lipinski definition) is 1. The number of nitrogens with zero attached hydrogens (tertiary/aromatic N) is 1. The molecule has 0 unspecified atom stereocenters. The smallest absolute Gasteiger partial charge is 0.222 e. The first-order valence-electron chi connectivity index (χ1n) is 14.7. The van der Waals surface area contributed by atoms with Crippen LogP contribution >= 0.6 is 0 Å². The fourth-order valence-corrected chi connectivity index (χ4v) is 9.26. The van der Waals surface area contributed by atoms with E-state index in [0.717, 1.165) is 63.5 Å². The second kappa shape index (κ2) is 10.6. The molecule has 1 N–H and O–H groups in total. The molecule has 4 aliphatic rings. The molecule has 0 saturated heterocycles. The molecule has 0 radical (unpaired) electrons. The summed E-state index contributed by atoms with van der Waals surface area (Å²) in [5.41, 5.74) is 0.437. The molecule has 0 bridgehead atoms. The van der Waals surface area contributed by atoms with Gasteiger partial charge in [0.2, 0.25) is 5.91 Å². The summed E-state index contributed by atoms with van der Waals surface area (Å²) >= 11 is 0. The van der Waals surface area contributed by atoms with Crippen molar-refractivity contribution in [2.75, 3.05) is 13.1 Å². The highest BCUT2D eigenvalue weighted by Crippen LogP contribution is 2.67. The number of ketones is 1. The zero-order valence-electron chi connectivity index (χ0n) is 22.5. The molecular formula is C30H51NO3. The van der Waals surface area contributed by atoms with Gasteiger partial charge in [-0.15, -0.1) is 0 Å². The Morgan fingerprint density at radius 3 is 2.41 bits per heavy atom. The highest BCUT2D eigenvalue weighted by molar-refractivity contribution is 5.79. The lowest BCUT2D eigenvalue weighted by Gasteiger charge is -2.62. The monoisotopic (exact) mass is 473 g/mol. The van der Waals surface area contributed by atoms with Crippen molar-refractivity contribution in [3.8, 4) is 0 Å². The van der Waals surface area contributed by atoms with E-state index in [4.69, 9.17) is 0 Å². The number of hydrogen-bond acceptors (Lipinski definition) is 3. The van der Waals surface area contributed by atoms with Crippen LogP contribution in [0.5, 0.6) is 0 Å². The molecular weight excluding hydrogens is 422 g/mol. The third kappa shape index (κ3) is 4.74. The molecule has 4 saturated carbocycles. The van der Waals surface area contributed by atoms with Gasteiger partial charge in [0.25, 0.3) is 0 Å². The van der Waals surface area contributed by atoms with Crippen LogP contribution < -0.4 is 0 Å². The summed E-state index contributed by atoms with van der Waals surface area (Å²) in [4.78, 5) is 26.6. The first-order chi connectivity index (χ1) is 16.2. The van der Waals surface area contributed by atoms with Crippen molar-refractivity contribution in [1.29, 1.82) is 0 Å². The molecule has 4 aliphatic carbocycles. The van der Waals surface area contributed by atoms with Crippen LogP contribution in [0, 0.1) is 40.4 Å². The van der Waals surface area contributed by atoms with Crippen LogP contribution in [0.2, 0.25) is 0 Å². The van der Waals surface area contributed by atoms with Crippen LogP contribution in [0.1, 0.15) is 118 Å². The van der Waals surface area contributed by atoms with Gasteiger partial charge in [-0.1, -0.05) is 39.5 Å². The van der Waals surface area contributed by atoms with Crippen LogP contribution in [0.4, 0.5) is 0 Å². The van der Waals surface area contributed by atoms with Gasteiger partial charge in [-0.3, -0.25) is 9.59 Å². The van der Waals surface area contributed by atoms with Crippen LogP contribution in [-0.2, 0) is 9.59 Å². The second-order valence-electron chi connectivity index (χ2n) is 12.9. The zero-order valence-corrected chi connectivity index (χ0v) is 22.5. The van der Waals surface area contributed by atoms with Crippen molar-refractivity contribution in [3.63, 3.8) is 0 Å². The summed E-state index contributed by atoms with van der Waals surface area (Å²) in [6, 6.07) is 0. The zero-order chi connectivity index (χ0) is 24.5. The van der Waals surface area contributed by atoms with Gasteiger partial charge in [-0.25, -0.2) is 0 Å². The number of amides is 1. The molecule has 8 atom stereocenters. The van der Waals surface area contributed by atoms with Crippen molar-refractivity contribution < 1.29 is 14.7 Å². The van der Waals surface area contributed by atoms with Gasteiger partial charge in [0.05, 0.1) is 6.10 Å². The minimum absolute atomic E-state index is 0.109. The van der Waals surface area contributed by atoms with E-state index >= 15 is 0 Å². The number of unbranched alkanes of at least 4 members (excludes halogenated alkanes) is 3. The molecule has 0 heterocycles. The maximum Gasteiger partial charge on any atom is 0.222 e. The van der Waals surface area contributed by atoms with Crippen molar-refractivity contribution in [3.05, 3.63) is 0 Å². The van der Waals surface area contributed by atoms with Crippen LogP contribution in [-0.4, -0.2) is 40.9 Å². The third-order valence-corrected chi connectivity index (χ3v) is 11.4. The Morgan fingerprint density at radius 1 is 0.971 bits per heavy atom. The molecule has 194 valence electrons.